The molecule has 2 aromatic heterocycles. The lowest BCUT2D eigenvalue weighted by molar-refractivity contribution is -0.152. The number of benzene rings is 1. The van der Waals surface area contributed by atoms with Gasteiger partial charge in [0.05, 0.1) is 25.6 Å². The molecule has 188 valence electrons. The first-order valence-electron chi connectivity index (χ1n) is 11.4. The van der Waals surface area contributed by atoms with Crippen LogP contribution in [0.3, 0.4) is 0 Å². The summed E-state index contributed by atoms with van der Waals surface area (Å²) in [5.74, 6) is 0.660. The lowest BCUT2D eigenvalue weighted by Crippen LogP contribution is -2.43. The van der Waals surface area contributed by atoms with E-state index in [-0.39, 0.29) is 6.10 Å². The monoisotopic (exact) mass is 486 g/mol. The van der Waals surface area contributed by atoms with Crippen molar-refractivity contribution >= 4 is 23.0 Å². The number of hydrogen-bond acceptors (Lipinski definition) is 10. The number of aliphatic carboxylic acids is 1. The van der Waals surface area contributed by atoms with Gasteiger partial charge in [-0.1, -0.05) is 13.8 Å². The summed E-state index contributed by atoms with van der Waals surface area (Å²) < 4.78 is 18.5. The molecule has 35 heavy (non-hydrogen) atoms. The van der Waals surface area contributed by atoms with E-state index in [0.29, 0.717) is 29.3 Å². The van der Waals surface area contributed by atoms with Crippen LogP contribution >= 0.6 is 0 Å². The van der Waals surface area contributed by atoms with Crippen LogP contribution < -0.4 is 20.5 Å². The molecule has 5 N–H and O–H groups in total. The number of carboxylic acids is 1. The average Bonchev–Trinajstić information content (AvgIpc) is 3.42. The number of nitrogens with one attached hydrogen (secondary N) is 1. The Morgan fingerprint density at radius 2 is 2.06 bits per heavy atom. The highest BCUT2D eigenvalue weighted by Gasteiger charge is 2.46. The van der Waals surface area contributed by atoms with E-state index in [1.54, 1.807) is 7.11 Å². The largest absolute Gasteiger partial charge is 0.497 e. The van der Waals surface area contributed by atoms with Gasteiger partial charge in [-0.3, -0.25) is 4.57 Å². The number of aliphatic hydroxyl groups is 1. The molecule has 0 unspecified atom stereocenters. The molecule has 12 heteroatoms. The highest BCUT2D eigenvalue weighted by molar-refractivity contribution is 5.82. The van der Waals surface area contributed by atoms with Gasteiger partial charge in [-0.25, -0.2) is 19.7 Å². The van der Waals surface area contributed by atoms with Gasteiger partial charge in [0.15, 0.2) is 29.3 Å². The summed E-state index contributed by atoms with van der Waals surface area (Å²) in [7, 11) is 1.61. The van der Waals surface area contributed by atoms with Crippen molar-refractivity contribution in [2.45, 2.75) is 63.8 Å². The molecule has 1 saturated heterocycles. The number of fused-ring (bicyclic) bond motifs is 1. The molecule has 4 rings (SSSR count). The molecular formula is C23H30N6O6. The zero-order valence-corrected chi connectivity index (χ0v) is 19.8. The number of carbonyl (C=O) groups is 1. The standard InChI is InChI=1S/C23H30N6O6/c1-4-13(5-2)34-15-7-6-14(33-3)8-12(15)9-25-20-17-21(27-10-26-20)29(11-28-17)22-18(30)16(24)19(35-22)23(31)32/h6-8,10-11,13,16,18-19,22,30H,4-5,9,24H2,1-3H3,(H,31,32)(H,25,26,27)/t16-,18+,19-,22+/m0/s1. The summed E-state index contributed by atoms with van der Waals surface area (Å²) >= 11 is 0. The Morgan fingerprint density at radius 1 is 1.29 bits per heavy atom. The smallest absolute Gasteiger partial charge is 0.334 e. The van der Waals surface area contributed by atoms with Crippen LogP contribution in [0.1, 0.15) is 38.5 Å². The Hall–Kier alpha value is -3.48. The number of aromatic nitrogens is 4. The van der Waals surface area contributed by atoms with Gasteiger partial charge in [-0.2, -0.15) is 0 Å². The lowest BCUT2D eigenvalue weighted by Gasteiger charge is -2.19. The van der Waals surface area contributed by atoms with Crippen LogP contribution in [0.25, 0.3) is 11.2 Å². The minimum absolute atomic E-state index is 0.0995. The minimum Gasteiger partial charge on any atom is -0.497 e. The third-order valence-corrected chi connectivity index (χ3v) is 6.12. The molecule has 1 aromatic carbocycles. The van der Waals surface area contributed by atoms with Gasteiger partial charge in [-0.05, 0) is 31.0 Å². The second-order valence-corrected chi connectivity index (χ2v) is 8.28. The van der Waals surface area contributed by atoms with E-state index in [1.807, 2.05) is 18.2 Å². The first-order valence-corrected chi connectivity index (χ1v) is 11.4. The van der Waals surface area contributed by atoms with E-state index < -0.39 is 30.4 Å². The first kappa shape index (κ1) is 24.6. The van der Waals surface area contributed by atoms with Crippen molar-refractivity contribution in [3.8, 4) is 11.5 Å². The fourth-order valence-electron chi connectivity index (χ4n) is 4.06. The van der Waals surface area contributed by atoms with Crippen LogP contribution in [-0.4, -0.2) is 67.2 Å². The molecule has 0 amide bonds. The van der Waals surface area contributed by atoms with Gasteiger partial charge in [-0.15, -0.1) is 0 Å². The van der Waals surface area contributed by atoms with E-state index in [2.05, 4.69) is 34.1 Å². The Morgan fingerprint density at radius 3 is 2.71 bits per heavy atom. The number of nitrogens with two attached hydrogens (primary N) is 1. The molecule has 1 fully saturated rings. The van der Waals surface area contributed by atoms with E-state index in [9.17, 15) is 15.0 Å². The highest BCUT2D eigenvalue weighted by Crippen LogP contribution is 2.32. The molecule has 0 bridgehead atoms. The summed E-state index contributed by atoms with van der Waals surface area (Å²) in [6, 6.07) is 4.56. The number of hydrogen-bond donors (Lipinski definition) is 4. The van der Waals surface area contributed by atoms with Crippen molar-refractivity contribution in [2.24, 2.45) is 5.73 Å². The molecule has 0 saturated carbocycles. The Bertz CT molecular complexity index is 1180. The SMILES string of the molecule is CCC(CC)Oc1ccc(OC)cc1CNc1ncnc2c1ncn2[C@@H]1O[C@H](C(=O)O)[C@@H](N)[C@H]1O. The third-order valence-electron chi connectivity index (χ3n) is 6.12. The number of methoxy groups -OCH3 is 1. The summed E-state index contributed by atoms with van der Waals surface area (Å²) in [6.45, 7) is 4.54. The second-order valence-electron chi connectivity index (χ2n) is 8.28. The number of anilines is 1. The number of nitrogens with zero attached hydrogens (tertiary/aromatic N) is 4. The van der Waals surface area contributed by atoms with Gasteiger partial charge in [0.25, 0.3) is 0 Å². The van der Waals surface area contributed by atoms with Crippen LogP contribution in [0.15, 0.2) is 30.9 Å². The number of rotatable bonds is 10. The van der Waals surface area contributed by atoms with Crippen molar-refractivity contribution < 1.29 is 29.2 Å². The predicted octanol–water partition coefficient (Wildman–Crippen LogP) is 1.68. The molecule has 1 aliphatic heterocycles. The topological polar surface area (TPSA) is 167 Å². The zero-order valence-electron chi connectivity index (χ0n) is 19.8. The molecule has 4 atom stereocenters. The normalized spacial score (nSPS) is 22.0. The van der Waals surface area contributed by atoms with Crippen molar-refractivity contribution in [3.05, 3.63) is 36.4 Å². The van der Waals surface area contributed by atoms with Crippen molar-refractivity contribution in [1.29, 1.82) is 0 Å². The van der Waals surface area contributed by atoms with Gasteiger partial charge < -0.3 is 35.5 Å². The minimum atomic E-state index is -1.34. The Labute approximate surface area is 202 Å². The van der Waals surface area contributed by atoms with Crippen molar-refractivity contribution in [2.75, 3.05) is 12.4 Å². The summed E-state index contributed by atoms with van der Waals surface area (Å²) in [5.41, 5.74) is 7.52. The maximum Gasteiger partial charge on any atom is 0.334 e. The van der Waals surface area contributed by atoms with Gasteiger partial charge in [0, 0.05) is 12.1 Å². The number of imidazole rings is 1. The molecule has 0 spiro atoms. The predicted molar refractivity (Wildman–Crippen MR) is 126 cm³/mol. The zero-order chi connectivity index (χ0) is 25.1. The van der Waals surface area contributed by atoms with Crippen LogP contribution in [0.4, 0.5) is 5.82 Å². The van der Waals surface area contributed by atoms with E-state index >= 15 is 0 Å². The van der Waals surface area contributed by atoms with E-state index in [1.165, 1.54) is 17.2 Å². The molecule has 12 nitrogen and oxygen atoms in total. The molecule has 3 aromatic rings. The highest BCUT2D eigenvalue weighted by atomic mass is 16.6. The number of ether oxygens (including phenoxy) is 3. The van der Waals surface area contributed by atoms with Crippen molar-refractivity contribution in [3.63, 3.8) is 0 Å². The quantitative estimate of drug-likeness (QED) is 0.329. The lowest BCUT2D eigenvalue weighted by atomic mass is 10.1. The molecule has 3 heterocycles. The molecular weight excluding hydrogens is 456 g/mol. The Kier molecular flexibility index (Phi) is 7.34. The van der Waals surface area contributed by atoms with Crippen LogP contribution in [-0.2, 0) is 16.1 Å². The van der Waals surface area contributed by atoms with Crippen LogP contribution in [0.5, 0.6) is 11.5 Å². The fraction of sp³-hybridized carbons (Fsp3) is 0.478. The molecule has 1 aliphatic rings. The maximum absolute atomic E-state index is 11.4. The first-order chi connectivity index (χ1) is 16.9. The molecule has 0 radical (unpaired) electrons. The van der Waals surface area contributed by atoms with Gasteiger partial charge >= 0.3 is 5.97 Å². The maximum atomic E-state index is 11.4. The molecule has 0 aliphatic carbocycles. The fourth-order valence-corrected chi connectivity index (χ4v) is 4.06. The van der Waals surface area contributed by atoms with Crippen molar-refractivity contribution in [1.82, 2.24) is 19.5 Å². The summed E-state index contributed by atoms with van der Waals surface area (Å²) in [5, 5.41) is 23.0. The average molecular weight is 487 g/mol. The van der Waals surface area contributed by atoms with Gasteiger partial charge in [0.1, 0.15) is 23.9 Å². The Balaban J connectivity index is 1.59. The second kappa shape index (κ2) is 10.4. The van der Waals surface area contributed by atoms with Crippen LogP contribution in [0.2, 0.25) is 0 Å². The van der Waals surface area contributed by atoms with E-state index in [4.69, 9.17) is 19.9 Å². The summed E-state index contributed by atoms with van der Waals surface area (Å²) in [6.07, 6.45) is 1.02. The van der Waals surface area contributed by atoms with E-state index in [0.717, 1.165) is 24.2 Å². The third kappa shape index (κ3) is 4.85. The van der Waals surface area contributed by atoms with Crippen LogP contribution in [0, 0.1) is 0 Å². The van der Waals surface area contributed by atoms with Gasteiger partial charge in [0.2, 0.25) is 0 Å². The number of carboxylic acid groups (broad SMARTS) is 1. The number of aliphatic hydroxyl groups excluding tert-OH is 1. The summed E-state index contributed by atoms with van der Waals surface area (Å²) in [4.78, 5) is 24.3.